The van der Waals surface area contributed by atoms with Crippen molar-refractivity contribution in [1.29, 1.82) is 0 Å². The highest BCUT2D eigenvalue weighted by atomic mass is 19.4. The minimum absolute atomic E-state index is 0.0402. The van der Waals surface area contributed by atoms with Gasteiger partial charge >= 0.3 is 12.1 Å². The van der Waals surface area contributed by atoms with E-state index < -0.39 is 29.5 Å². The number of halogens is 4. The number of hydrogen-bond donors (Lipinski definition) is 1. The van der Waals surface area contributed by atoms with Crippen LogP contribution in [0.25, 0.3) is 5.57 Å². The molecule has 2 atom stereocenters. The van der Waals surface area contributed by atoms with Crippen LogP contribution in [0.2, 0.25) is 0 Å². The first kappa shape index (κ1) is 20.0. The summed E-state index contributed by atoms with van der Waals surface area (Å²) in [6.45, 7) is 5.48. The summed E-state index contributed by atoms with van der Waals surface area (Å²) >= 11 is 0. The number of alkyl halides is 3. The van der Waals surface area contributed by atoms with Crippen LogP contribution >= 0.6 is 0 Å². The van der Waals surface area contributed by atoms with Crippen LogP contribution in [0, 0.1) is 11.7 Å². The third-order valence-corrected chi connectivity index (χ3v) is 3.68. The van der Waals surface area contributed by atoms with Gasteiger partial charge in [0.25, 0.3) is 5.60 Å². The predicted octanol–water partition coefficient (Wildman–Crippen LogP) is 3.34. The lowest BCUT2D eigenvalue weighted by molar-refractivity contribution is -0.271. The monoisotopic (exact) mass is 350 g/mol. The summed E-state index contributed by atoms with van der Waals surface area (Å²) in [6.07, 6.45) is -5.30. The summed E-state index contributed by atoms with van der Waals surface area (Å²) in [5.74, 6) is -4.35. The number of rotatable bonds is 6. The molecule has 0 spiro atoms. The van der Waals surface area contributed by atoms with E-state index in [1.807, 2.05) is 0 Å². The van der Waals surface area contributed by atoms with Gasteiger partial charge in [-0.15, -0.1) is 0 Å². The Labute approximate surface area is 136 Å². The van der Waals surface area contributed by atoms with E-state index in [2.05, 4.69) is 11.3 Å². The Morgan fingerprint density at radius 2 is 1.96 bits per heavy atom. The van der Waals surface area contributed by atoms with Gasteiger partial charge in [-0.25, -0.2) is 9.18 Å². The summed E-state index contributed by atoms with van der Waals surface area (Å²) < 4.78 is 62.6. The molecule has 0 bridgehead atoms. The van der Waals surface area contributed by atoms with Crippen molar-refractivity contribution in [2.45, 2.75) is 25.6 Å². The second-order valence-electron chi connectivity index (χ2n) is 5.08. The zero-order chi connectivity index (χ0) is 18.7. The quantitative estimate of drug-likeness (QED) is 0.632. The maximum Gasteiger partial charge on any atom is 0.428 e. The van der Waals surface area contributed by atoms with Crippen LogP contribution in [0.3, 0.4) is 0 Å². The summed E-state index contributed by atoms with van der Waals surface area (Å²) in [4.78, 5) is 11.8. The number of esters is 1. The van der Waals surface area contributed by atoms with E-state index in [4.69, 9.17) is 4.74 Å². The number of ether oxygens (including phenoxy) is 2. The Balaban J connectivity index is 3.36. The first-order chi connectivity index (χ1) is 11.0. The lowest BCUT2D eigenvalue weighted by atomic mass is 9.80. The number of hydrogen-bond acceptors (Lipinski definition) is 4. The van der Waals surface area contributed by atoms with Crippen LogP contribution in [0.4, 0.5) is 17.6 Å². The molecule has 8 heteroatoms. The SMILES string of the molecule is C=C(c1ccc(F)cc1OC)C(C)C(O)(C(=O)OCC)C(F)(F)F. The third-order valence-electron chi connectivity index (χ3n) is 3.68. The molecule has 1 aromatic carbocycles. The van der Waals surface area contributed by atoms with E-state index in [0.717, 1.165) is 25.1 Å². The summed E-state index contributed by atoms with van der Waals surface area (Å²) in [5.41, 5.74) is -4.00. The van der Waals surface area contributed by atoms with Crippen molar-refractivity contribution in [3.05, 3.63) is 36.2 Å². The molecule has 1 rings (SSSR count). The van der Waals surface area contributed by atoms with Gasteiger partial charge in [-0.3, -0.25) is 0 Å². The lowest BCUT2D eigenvalue weighted by Gasteiger charge is -2.34. The van der Waals surface area contributed by atoms with Crippen molar-refractivity contribution in [2.24, 2.45) is 5.92 Å². The highest BCUT2D eigenvalue weighted by molar-refractivity contribution is 5.85. The largest absolute Gasteiger partial charge is 0.496 e. The first-order valence-corrected chi connectivity index (χ1v) is 6.99. The van der Waals surface area contributed by atoms with Gasteiger partial charge in [0.05, 0.1) is 13.7 Å². The molecule has 0 aliphatic rings. The fourth-order valence-electron chi connectivity index (χ4n) is 2.19. The molecule has 2 unspecified atom stereocenters. The van der Waals surface area contributed by atoms with Gasteiger partial charge in [-0.05, 0) is 24.6 Å². The van der Waals surface area contributed by atoms with Gasteiger partial charge < -0.3 is 14.6 Å². The average Bonchev–Trinajstić information content (AvgIpc) is 2.51. The highest BCUT2D eigenvalue weighted by Crippen LogP contribution is 2.44. The van der Waals surface area contributed by atoms with Crippen LogP contribution in [0.5, 0.6) is 5.75 Å². The van der Waals surface area contributed by atoms with Crippen LogP contribution < -0.4 is 4.74 Å². The van der Waals surface area contributed by atoms with Crippen LogP contribution in [-0.2, 0) is 9.53 Å². The van der Waals surface area contributed by atoms with Crippen LogP contribution in [0.1, 0.15) is 19.4 Å². The molecule has 0 aromatic heterocycles. The Hall–Kier alpha value is -2.09. The van der Waals surface area contributed by atoms with Crippen molar-refractivity contribution < 1.29 is 36.9 Å². The molecular weight excluding hydrogens is 332 g/mol. The predicted molar refractivity (Wildman–Crippen MR) is 78.8 cm³/mol. The lowest BCUT2D eigenvalue weighted by Crippen LogP contribution is -2.57. The van der Waals surface area contributed by atoms with Crippen molar-refractivity contribution in [2.75, 3.05) is 13.7 Å². The second kappa shape index (κ2) is 7.21. The second-order valence-corrected chi connectivity index (χ2v) is 5.08. The minimum atomic E-state index is -5.30. The van der Waals surface area contributed by atoms with Gasteiger partial charge in [0.15, 0.2) is 0 Å². The minimum Gasteiger partial charge on any atom is -0.496 e. The summed E-state index contributed by atoms with van der Waals surface area (Å²) in [6, 6.07) is 3.13. The fourth-order valence-corrected chi connectivity index (χ4v) is 2.19. The molecule has 0 radical (unpaired) electrons. The Morgan fingerprint density at radius 3 is 2.42 bits per heavy atom. The Kier molecular flexibility index (Phi) is 5.99. The van der Waals surface area contributed by atoms with Crippen molar-refractivity contribution >= 4 is 11.5 Å². The maximum absolute atomic E-state index is 13.4. The molecule has 0 heterocycles. The molecular formula is C16H18F4O4. The van der Waals surface area contributed by atoms with Gasteiger partial charge in [-0.2, -0.15) is 13.2 Å². The maximum atomic E-state index is 13.4. The highest BCUT2D eigenvalue weighted by Gasteiger charge is 2.64. The molecule has 134 valence electrons. The van der Waals surface area contributed by atoms with E-state index in [0.29, 0.717) is 0 Å². The topological polar surface area (TPSA) is 55.8 Å². The van der Waals surface area contributed by atoms with Crippen molar-refractivity contribution in [1.82, 2.24) is 0 Å². The molecule has 0 aliphatic carbocycles. The number of benzene rings is 1. The number of carbonyl (C=O) groups is 1. The van der Waals surface area contributed by atoms with Gasteiger partial charge in [0.2, 0.25) is 0 Å². The third kappa shape index (κ3) is 3.53. The summed E-state index contributed by atoms with van der Waals surface area (Å²) in [7, 11) is 1.21. The zero-order valence-electron chi connectivity index (χ0n) is 13.4. The van der Waals surface area contributed by atoms with Crippen molar-refractivity contribution in [3.8, 4) is 5.75 Å². The van der Waals surface area contributed by atoms with Gasteiger partial charge in [0, 0.05) is 17.5 Å². The van der Waals surface area contributed by atoms with Gasteiger partial charge in [0.1, 0.15) is 11.6 Å². The number of aliphatic hydroxyl groups is 1. The van der Waals surface area contributed by atoms with E-state index in [1.54, 1.807) is 0 Å². The molecule has 1 aromatic rings. The normalized spacial score (nSPS) is 15.3. The molecule has 0 amide bonds. The fraction of sp³-hybridized carbons (Fsp3) is 0.438. The smallest absolute Gasteiger partial charge is 0.428 e. The number of carbonyl (C=O) groups excluding carboxylic acids is 1. The molecule has 0 saturated carbocycles. The molecule has 0 saturated heterocycles. The molecule has 24 heavy (non-hydrogen) atoms. The summed E-state index contributed by atoms with van der Waals surface area (Å²) in [5, 5.41) is 10.1. The number of methoxy groups -OCH3 is 1. The molecule has 0 fully saturated rings. The molecule has 4 nitrogen and oxygen atoms in total. The van der Waals surface area contributed by atoms with E-state index in [-0.39, 0.29) is 23.5 Å². The van der Waals surface area contributed by atoms with Crippen LogP contribution in [-0.4, -0.2) is 36.6 Å². The van der Waals surface area contributed by atoms with E-state index in [1.165, 1.54) is 14.0 Å². The average molecular weight is 350 g/mol. The Morgan fingerprint density at radius 1 is 1.38 bits per heavy atom. The van der Waals surface area contributed by atoms with E-state index in [9.17, 15) is 27.5 Å². The zero-order valence-corrected chi connectivity index (χ0v) is 13.4. The Bertz CT molecular complexity index is 627. The van der Waals surface area contributed by atoms with Crippen LogP contribution in [0.15, 0.2) is 24.8 Å². The first-order valence-electron chi connectivity index (χ1n) is 6.99. The van der Waals surface area contributed by atoms with Gasteiger partial charge in [-0.1, -0.05) is 13.5 Å². The van der Waals surface area contributed by atoms with Crippen molar-refractivity contribution in [3.63, 3.8) is 0 Å². The van der Waals surface area contributed by atoms with E-state index >= 15 is 0 Å². The molecule has 1 N–H and O–H groups in total. The molecule has 0 aliphatic heterocycles. The standard InChI is InChI=1S/C16H18F4O4/c1-5-24-14(21)15(22,16(18,19)20)10(3)9(2)12-7-6-11(17)8-13(12)23-4/h6-8,10,22H,2,5H2,1,3-4H3.